The lowest BCUT2D eigenvalue weighted by Gasteiger charge is -2.35. The number of fused-ring (bicyclic) bond motifs is 2. The number of carbonyl (C=O) groups excluding carboxylic acids is 6. The van der Waals surface area contributed by atoms with Gasteiger partial charge in [0, 0.05) is 114 Å². The van der Waals surface area contributed by atoms with E-state index in [4.69, 9.17) is 61.9 Å². The predicted molar refractivity (Wildman–Crippen MR) is 388 cm³/mol. The van der Waals surface area contributed by atoms with Crippen LogP contribution in [0.1, 0.15) is 190 Å². The Labute approximate surface area is 615 Å². The number of imide groups is 1. The van der Waals surface area contributed by atoms with Crippen LogP contribution in [0.4, 0.5) is 14.0 Å². The van der Waals surface area contributed by atoms with Gasteiger partial charge in [0.15, 0.2) is 0 Å². The molecule has 2 saturated carbocycles. The van der Waals surface area contributed by atoms with E-state index in [1.54, 1.807) is 0 Å². The zero-order valence-corrected chi connectivity index (χ0v) is 64.3. The number of alkyl carbamates (subject to hydrolysis) is 2. The topological polar surface area (TPSA) is 309 Å². The molecular weight excluding hydrogens is 1370 g/mol. The minimum Gasteiger partial charge on any atom is -0.450 e. The van der Waals surface area contributed by atoms with E-state index in [-0.39, 0.29) is 69.1 Å². The molecule has 6 rings (SSSR count). The maximum Gasteiger partial charge on any atom is 0.407 e. The third-order valence-electron chi connectivity index (χ3n) is 17.5. The summed E-state index contributed by atoms with van der Waals surface area (Å²) in [5.74, 6) is 19.9. The third-order valence-corrected chi connectivity index (χ3v) is 21.8. The fourth-order valence-corrected chi connectivity index (χ4v) is 15.6. The highest BCUT2D eigenvalue weighted by Crippen LogP contribution is 2.55. The molecule has 578 valence electrons. The quantitative estimate of drug-likeness (QED) is 0.0190. The van der Waals surface area contributed by atoms with Crippen molar-refractivity contribution in [1.29, 1.82) is 10.5 Å². The molecule has 3 fully saturated rings. The Morgan fingerprint density at radius 1 is 0.553 bits per heavy atom. The third kappa shape index (κ3) is 37.3. The van der Waals surface area contributed by atoms with Crippen LogP contribution in [0, 0.1) is 93.7 Å². The van der Waals surface area contributed by atoms with Crippen molar-refractivity contribution in [2.24, 2.45) is 35.5 Å². The van der Waals surface area contributed by atoms with Gasteiger partial charge in [0.2, 0.25) is 5.67 Å². The number of hydrogen-bond donors (Lipinski definition) is 4. The van der Waals surface area contributed by atoms with Crippen LogP contribution in [-0.2, 0) is 70.5 Å². The Balaban J connectivity index is 0.000000329. The van der Waals surface area contributed by atoms with Gasteiger partial charge >= 0.3 is 18.2 Å². The minimum absolute atomic E-state index is 0.0762. The van der Waals surface area contributed by atoms with E-state index >= 15 is 0 Å². The van der Waals surface area contributed by atoms with E-state index in [1.165, 1.54) is 12.8 Å². The Morgan fingerprint density at radius 2 is 0.990 bits per heavy atom. The van der Waals surface area contributed by atoms with Gasteiger partial charge < -0.3 is 72.6 Å². The van der Waals surface area contributed by atoms with Crippen LogP contribution in [0.5, 0.6) is 0 Å². The average molecular weight is 1490 g/mol. The second-order valence-corrected chi connectivity index (χ2v) is 29.7. The van der Waals surface area contributed by atoms with Gasteiger partial charge in [-0.05, 0) is 149 Å². The molecular formula is C74H118FN9O17P2. The van der Waals surface area contributed by atoms with Crippen molar-refractivity contribution in [3.63, 3.8) is 0 Å². The number of hydrogen-bond acceptors (Lipinski definition) is 22. The fourth-order valence-electron chi connectivity index (χ4n) is 12.5. The van der Waals surface area contributed by atoms with Crippen LogP contribution < -0.4 is 21.3 Å². The number of hydroxylamine groups is 2. The molecule has 0 aromatic heterocycles. The summed E-state index contributed by atoms with van der Waals surface area (Å²) >= 11 is 0. The molecule has 26 nitrogen and oxygen atoms in total. The molecule has 29 heteroatoms. The maximum atomic E-state index is 14.8. The lowest BCUT2D eigenvalue weighted by molar-refractivity contribution is -0.197. The minimum atomic E-state index is -2.10. The van der Waals surface area contributed by atoms with Crippen LogP contribution in [0.25, 0.3) is 0 Å². The second-order valence-electron chi connectivity index (χ2n) is 26.8. The molecule has 0 bridgehead atoms. The second kappa shape index (κ2) is 53.1. The van der Waals surface area contributed by atoms with Crippen LogP contribution in [0.15, 0.2) is 12.3 Å². The van der Waals surface area contributed by atoms with E-state index in [9.17, 15) is 33.2 Å². The summed E-state index contributed by atoms with van der Waals surface area (Å²) in [6.07, 6.45) is 13.9. The summed E-state index contributed by atoms with van der Waals surface area (Å²) in [7, 11) is -2.56. The van der Waals surface area contributed by atoms with Crippen molar-refractivity contribution < 1.29 is 84.5 Å². The Bertz CT molecular complexity index is 2770. The molecule has 103 heavy (non-hydrogen) atoms. The molecule has 5 unspecified atom stereocenters. The summed E-state index contributed by atoms with van der Waals surface area (Å²) < 4.78 is 75.3. The van der Waals surface area contributed by atoms with Gasteiger partial charge in [0.05, 0.1) is 117 Å². The number of nitriles is 2. The molecule has 0 aromatic rings. The largest absolute Gasteiger partial charge is 0.450 e. The van der Waals surface area contributed by atoms with Crippen molar-refractivity contribution in [2.45, 2.75) is 220 Å². The van der Waals surface area contributed by atoms with Crippen molar-refractivity contribution in [3.05, 3.63) is 12.3 Å². The van der Waals surface area contributed by atoms with Gasteiger partial charge in [-0.2, -0.15) is 10.5 Å². The first-order valence-electron chi connectivity index (χ1n) is 37.1. The molecule has 0 radical (unpaired) electrons. The fraction of sp³-hybridized carbons (Fsp3) is 0.784. The van der Waals surface area contributed by atoms with E-state index in [0.717, 1.165) is 75.3 Å². The molecule has 5 aliphatic carbocycles. The molecule has 1 aliphatic heterocycles. The molecule has 9 atom stereocenters. The van der Waals surface area contributed by atoms with E-state index < -0.39 is 52.5 Å². The number of nitrogens with zero attached hydrogens (tertiary/aromatic N) is 5. The van der Waals surface area contributed by atoms with Gasteiger partial charge in [-0.1, -0.05) is 24.8 Å². The van der Waals surface area contributed by atoms with Crippen LogP contribution >= 0.6 is 17.1 Å². The van der Waals surface area contributed by atoms with Gasteiger partial charge in [-0.25, -0.2) is 28.1 Å². The van der Waals surface area contributed by atoms with Crippen LogP contribution in [0.3, 0.4) is 0 Å². The first-order valence-corrected chi connectivity index (χ1v) is 39.4. The highest BCUT2D eigenvalue weighted by Gasteiger charge is 2.50. The number of carbonyl (C=O) groups is 6. The van der Waals surface area contributed by atoms with E-state index in [2.05, 4.69) is 140 Å². The first-order chi connectivity index (χ1) is 49.7. The van der Waals surface area contributed by atoms with Gasteiger partial charge in [-0.3, -0.25) is 14.4 Å². The van der Waals surface area contributed by atoms with Crippen molar-refractivity contribution in [1.82, 2.24) is 35.7 Å². The number of halogens is 1. The molecule has 1 saturated heterocycles. The van der Waals surface area contributed by atoms with Gasteiger partial charge in [0.25, 0.3) is 34.8 Å². The molecule has 1 heterocycles. The van der Waals surface area contributed by atoms with E-state index in [0.29, 0.717) is 173 Å². The normalized spacial score (nSPS) is 21.4. The summed E-state index contributed by atoms with van der Waals surface area (Å²) in [5, 5.41) is 29.2. The van der Waals surface area contributed by atoms with Gasteiger partial charge in [-0.15, -0.1) is 28.7 Å². The molecule has 4 N–H and O–H groups in total. The highest BCUT2D eigenvalue weighted by molar-refractivity contribution is 7.44. The SMILES string of the molecule is C=C(CCCC(=O)ON1C(=O)CCC1=O)NCCOCCOCCNC(=O)OCC1[C@H]2CCC#CCC[C@@H]12.CC(C)N(C(C)C)P(OCCC#N)OCCOCCNC(=O)C1(F)C#CCCCCC1.CC(C)N(C(C)C)P(OCCC#N)OCCOCCNC(=O)OCCC1[C@H]2CCC#CCC[C@@H]12. The lowest BCUT2D eigenvalue weighted by Crippen LogP contribution is -2.44. The van der Waals surface area contributed by atoms with Crippen LogP contribution in [0.2, 0.25) is 0 Å². The van der Waals surface area contributed by atoms with Crippen molar-refractivity contribution >= 4 is 52.9 Å². The van der Waals surface area contributed by atoms with Gasteiger partial charge in [0.1, 0.15) is 0 Å². The summed E-state index contributed by atoms with van der Waals surface area (Å²) in [5.41, 5.74) is -1.35. The van der Waals surface area contributed by atoms with Crippen LogP contribution in [-0.4, -0.2) is 199 Å². The number of rotatable bonds is 47. The maximum absolute atomic E-state index is 14.8. The van der Waals surface area contributed by atoms with E-state index in [1.807, 2.05) is 0 Å². The number of allylic oxidation sites excluding steroid dienone is 1. The molecule has 0 aromatic carbocycles. The summed E-state index contributed by atoms with van der Waals surface area (Å²) in [4.78, 5) is 75.4. The Hall–Kier alpha value is -5.79. The first kappa shape index (κ1) is 89.6. The molecule has 6 aliphatic rings. The van der Waals surface area contributed by atoms with Crippen molar-refractivity contribution in [2.75, 3.05) is 119 Å². The number of ether oxygens (including phenoxy) is 6. The predicted octanol–water partition coefficient (Wildman–Crippen LogP) is 11.0. The standard InChI is InChI=1S/C27H39N3O8.C25H42N3O5P.C22H37FN3O4P/c1-20(7-6-10-26(33)38-30-24(31)11-12-25(30)32)28-13-15-35-17-18-36-16-14-29-27(34)37-19-23-21-8-4-2-3-5-9-22(21)23;1-20(2)28(21(3)4)34(32-15-9-13-26)33-19-18-30-17-14-27-25(29)31-16-12-24-22-10-7-5-6-8-11-23(22)24;1-19(2)26(20(3)4)31(29-15-10-13-24)30-18-17-28-16-14-25-21(27)22(23)11-8-6-5-7-9-12-22/h21-23,28H,1,4-19H2,(H,29,34);20-24H,7-12,14-19H2,1-4H3,(H,27,29);19-20H,5-8,10-11,14-18H2,1-4H3,(H,25,27)/t21-,22+,23?;22-,23+,24?,34?;. The summed E-state index contributed by atoms with van der Waals surface area (Å²) in [6, 6.07) is 5.15. The molecule has 5 amide bonds. The highest BCUT2D eigenvalue weighted by atomic mass is 31.2. The smallest absolute Gasteiger partial charge is 0.407 e. The Morgan fingerprint density at radius 3 is 1.47 bits per heavy atom. The Kier molecular flexibility index (Phi) is 46.2. The number of nitrogens with one attached hydrogen (secondary N) is 4. The average Bonchev–Trinajstić information content (AvgIpc) is 1.64. The molecule has 0 spiro atoms. The van der Waals surface area contributed by atoms with Crippen molar-refractivity contribution in [3.8, 4) is 47.7 Å². The lowest BCUT2D eigenvalue weighted by atomic mass is 9.94. The summed E-state index contributed by atoms with van der Waals surface area (Å²) in [6.45, 7) is 27.5. The monoisotopic (exact) mass is 1490 g/mol. The number of amides is 5. The zero-order chi connectivity index (χ0) is 75.0. The zero-order valence-electron chi connectivity index (χ0n) is 62.5. The number of alkyl halides is 1.